The molecule has 0 aliphatic carbocycles. The van der Waals surface area contributed by atoms with Crippen molar-refractivity contribution < 1.29 is 4.79 Å². The Hall–Kier alpha value is -2.07. The third kappa shape index (κ3) is 3.98. The second-order valence-electron chi connectivity index (χ2n) is 5.95. The molecule has 2 rings (SSSR count). The summed E-state index contributed by atoms with van der Waals surface area (Å²) in [6, 6.07) is 12.1. The summed E-state index contributed by atoms with van der Waals surface area (Å²) in [4.78, 5) is 14.7. The van der Waals surface area contributed by atoms with Gasteiger partial charge in [-0.2, -0.15) is 0 Å². The zero-order valence-electron chi connectivity index (χ0n) is 13.8. The Morgan fingerprint density at radius 3 is 2.45 bits per heavy atom. The van der Waals surface area contributed by atoms with Gasteiger partial charge < -0.3 is 14.8 Å². The van der Waals surface area contributed by atoms with Crippen molar-refractivity contribution in [3.63, 3.8) is 0 Å². The van der Waals surface area contributed by atoms with E-state index >= 15 is 0 Å². The van der Waals surface area contributed by atoms with Crippen LogP contribution >= 0.6 is 0 Å². The van der Waals surface area contributed by atoms with Crippen LogP contribution in [-0.2, 0) is 7.05 Å². The van der Waals surface area contributed by atoms with Crippen LogP contribution in [0.4, 0.5) is 0 Å². The molecule has 4 heteroatoms. The predicted molar refractivity (Wildman–Crippen MR) is 90.0 cm³/mol. The number of nitrogens with one attached hydrogen (secondary N) is 1. The summed E-state index contributed by atoms with van der Waals surface area (Å²) >= 11 is 0. The summed E-state index contributed by atoms with van der Waals surface area (Å²) in [5.74, 6) is -0.00860. The van der Waals surface area contributed by atoms with Crippen molar-refractivity contribution in [1.82, 2.24) is 14.8 Å². The Kier molecular flexibility index (Phi) is 5.39. The molecule has 1 N–H and O–H groups in total. The molecule has 1 aromatic carbocycles. The number of amides is 1. The number of carbonyl (C=O) groups is 1. The molecule has 0 bridgehead atoms. The van der Waals surface area contributed by atoms with Crippen molar-refractivity contribution >= 4 is 5.91 Å². The van der Waals surface area contributed by atoms with Crippen molar-refractivity contribution in [2.24, 2.45) is 7.05 Å². The molecule has 4 nitrogen and oxygen atoms in total. The van der Waals surface area contributed by atoms with Gasteiger partial charge in [0, 0.05) is 18.9 Å². The van der Waals surface area contributed by atoms with E-state index in [0.29, 0.717) is 0 Å². The Morgan fingerprint density at radius 1 is 1.23 bits per heavy atom. The van der Waals surface area contributed by atoms with Crippen molar-refractivity contribution in [2.45, 2.75) is 19.4 Å². The van der Waals surface area contributed by atoms with Gasteiger partial charge in [0.2, 0.25) is 0 Å². The van der Waals surface area contributed by atoms with E-state index in [9.17, 15) is 4.79 Å². The monoisotopic (exact) mass is 299 g/mol. The van der Waals surface area contributed by atoms with Gasteiger partial charge in [-0.25, -0.2) is 0 Å². The molecule has 0 aliphatic heterocycles. The van der Waals surface area contributed by atoms with Crippen LogP contribution < -0.4 is 5.32 Å². The van der Waals surface area contributed by atoms with Crippen LogP contribution in [0.5, 0.6) is 0 Å². The Labute approximate surface area is 132 Å². The highest BCUT2D eigenvalue weighted by Gasteiger charge is 2.18. The zero-order valence-corrected chi connectivity index (χ0v) is 13.8. The molecule has 0 radical (unpaired) electrons. The lowest BCUT2D eigenvalue weighted by molar-refractivity contribution is 0.0932. The fraction of sp³-hybridized carbons (Fsp3) is 0.389. The Bertz CT molecular complexity index is 617. The van der Waals surface area contributed by atoms with E-state index in [4.69, 9.17) is 0 Å². The van der Waals surface area contributed by atoms with E-state index in [1.165, 1.54) is 0 Å². The van der Waals surface area contributed by atoms with Crippen molar-refractivity contribution in [3.05, 3.63) is 59.4 Å². The van der Waals surface area contributed by atoms with E-state index in [1.807, 2.05) is 63.1 Å². The molecule has 0 saturated heterocycles. The standard InChI is InChI=1S/C18H25N3O/c1-14-16(10-13-21(14)4)18(22)19-17(11-12-20(2)3)15-8-6-5-7-9-15/h5-10,13,17H,11-12H2,1-4H3,(H,19,22). The molecule has 22 heavy (non-hydrogen) atoms. The van der Waals surface area contributed by atoms with Crippen LogP contribution in [0.2, 0.25) is 0 Å². The average Bonchev–Trinajstić information content (AvgIpc) is 2.84. The van der Waals surface area contributed by atoms with E-state index in [0.717, 1.165) is 29.8 Å². The quantitative estimate of drug-likeness (QED) is 0.890. The molecule has 0 spiro atoms. The highest BCUT2D eigenvalue weighted by molar-refractivity contribution is 5.95. The second-order valence-corrected chi connectivity index (χ2v) is 5.95. The third-order valence-electron chi connectivity index (χ3n) is 4.00. The number of carbonyl (C=O) groups excluding carboxylic acids is 1. The first-order valence-electron chi connectivity index (χ1n) is 7.61. The van der Waals surface area contributed by atoms with Gasteiger partial charge in [-0.15, -0.1) is 0 Å². The predicted octanol–water partition coefficient (Wildman–Crippen LogP) is 2.76. The smallest absolute Gasteiger partial charge is 0.253 e. The maximum Gasteiger partial charge on any atom is 0.253 e. The van der Waals surface area contributed by atoms with Crippen LogP contribution in [-0.4, -0.2) is 36.0 Å². The Balaban J connectivity index is 2.15. The molecule has 1 heterocycles. The van der Waals surface area contributed by atoms with Gasteiger partial charge in [0.25, 0.3) is 5.91 Å². The summed E-state index contributed by atoms with van der Waals surface area (Å²) in [6.07, 6.45) is 2.80. The second kappa shape index (κ2) is 7.27. The number of hydrogen-bond donors (Lipinski definition) is 1. The topological polar surface area (TPSA) is 37.3 Å². The molecule has 1 amide bonds. The number of aromatic nitrogens is 1. The molecule has 0 fully saturated rings. The number of benzene rings is 1. The molecule has 1 unspecified atom stereocenters. The molecule has 0 saturated carbocycles. The first-order chi connectivity index (χ1) is 10.5. The number of hydrogen-bond acceptors (Lipinski definition) is 2. The summed E-state index contributed by atoms with van der Waals surface area (Å²) in [5.41, 5.74) is 2.87. The van der Waals surface area contributed by atoms with Crippen molar-refractivity contribution in [2.75, 3.05) is 20.6 Å². The SMILES string of the molecule is Cc1c(C(=O)NC(CCN(C)C)c2ccccc2)ccn1C. The zero-order chi connectivity index (χ0) is 16.1. The van der Waals surface area contributed by atoms with Gasteiger partial charge in [0.1, 0.15) is 0 Å². The number of aryl methyl sites for hydroxylation is 1. The van der Waals surface area contributed by atoms with Gasteiger partial charge >= 0.3 is 0 Å². The van der Waals surface area contributed by atoms with E-state index in [1.54, 1.807) is 0 Å². The van der Waals surface area contributed by atoms with Crippen LogP contribution in [0.25, 0.3) is 0 Å². The summed E-state index contributed by atoms with van der Waals surface area (Å²) in [6.45, 7) is 2.89. The molecule has 118 valence electrons. The van der Waals surface area contributed by atoms with Crippen LogP contribution in [0.1, 0.15) is 34.1 Å². The molecular weight excluding hydrogens is 274 g/mol. The Morgan fingerprint density at radius 2 is 1.91 bits per heavy atom. The van der Waals surface area contributed by atoms with Crippen LogP contribution in [0, 0.1) is 6.92 Å². The molecular formula is C18H25N3O. The molecule has 2 aromatic rings. The van der Waals surface area contributed by atoms with E-state index < -0.39 is 0 Å². The lowest BCUT2D eigenvalue weighted by Gasteiger charge is -2.21. The van der Waals surface area contributed by atoms with Crippen LogP contribution in [0.3, 0.4) is 0 Å². The fourth-order valence-electron chi connectivity index (χ4n) is 2.48. The largest absolute Gasteiger partial charge is 0.354 e. The van der Waals surface area contributed by atoms with Crippen molar-refractivity contribution in [1.29, 1.82) is 0 Å². The lowest BCUT2D eigenvalue weighted by Crippen LogP contribution is -2.31. The molecule has 1 aromatic heterocycles. The van der Waals surface area contributed by atoms with Crippen LogP contribution in [0.15, 0.2) is 42.6 Å². The minimum Gasteiger partial charge on any atom is -0.354 e. The lowest BCUT2D eigenvalue weighted by atomic mass is 10.0. The molecule has 1 atom stereocenters. The minimum atomic E-state index is -0.00860. The number of rotatable bonds is 6. The fourth-order valence-corrected chi connectivity index (χ4v) is 2.48. The highest BCUT2D eigenvalue weighted by Crippen LogP contribution is 2.18. The first-order valence-corrected chi connectivity index (χ1v) is 7.61. The third-order valence-corrected chi connectivity index (χ3v) is 4.00. The van der Waals surface area contributed by atoms with E-state index in [2.05, 4.69) is 22.3 Å². The van der Waals surface area contributed by atoms with Gasteiger partial charge in [-0.05, 0) is 45.6 Å². The maximum absolute atomic E-state index is 12.6. The van der Waals surface area contributed by atoms with Crippen molar-refractivity contribution in [3.8, 4) is 0 Å². The van der Waals surface area contributed by atoms with Gasteiger partial charge in [0.05, 0.1) is 11.6 Å². The van der Waals surface area contributed by atoms with Gasteiger partial charge in [-0.1, -0.05) is 30.3 Å². The van der Waals surface area contributed by atoms with Gasteiger partial charge in [0.15, 0.2) is 0 Å². The van der Waals surface area contributed by atoms with Gasteiger partial charge in [-0.3, -0.25) is 4.79 Å². The minimum absolute atomic E-state index is 0.00860. The molecule has 0 aliphatic rings. The summed E-state index contributed by atoms with van der Waals surface area (Å²) in [7, 11) is 6.04. The van der Waals surface area contributed by atoms with E-state index in [-0.39, 0.29) is 11.9 Å². The normalized spacial score (nSPS) is 12.4. The highest BCUT2D eigenvalue weighted by atomic mass is 16.1. The first kappa shape index (κ1) is 16.3. The maximum atomic E-state index is 12.6. The summed E-state index contributed by atoms with van der Waals surface area (Å²) < 4.78 is 1.96. The summed E-state index contributed by atoms with van der Waals surface area (Å²) in [5, 5.41) is 3.18. The number of nitrogens with zero attached hydrogens (tertiary/aromatic N) is 2. The average molecular weight is 299 g/mol.